The van der Waals surface area contributed by atoms with E-state index in [1.807, 2.05) is 0 Å². The first-order chi connectivity index (χ1) is 14.1. The highest BCUT2D eigenvalue weighted by Crippen LogP contribution is 2.39. The summed E-state index contributed by atoms with van der Waals surface area (Å²) in [5.41, 5.74) is -0.162. The first-order valence-electron chi connectivity index (χ1n) is 9.33. The molecule has 1 saturated carbocycles. The molecule has 5 nitrogen and oxygen atoms in total. The summed E-state index contributed by atoms with van der Waals surface area (Å²) in [6.45, 7) is 0. The summed E-state index contributed by atoms with van der Waals surface area (Å²) in [6, 6.07) is 1.54. The molecule has 0 amide bonds. The summed E-state index contributed by atoms with van der Waals surface area (Å²) in [5, 5.41) is 8.08. The van der Waals surface area contributed by atoms with Gasteiger partial charge in [0.25, 0.3) is 0 Å². The highest BCUT2D eigenvalue weighted by Gasteiger charge is 2.37. The maximum atomic E-state index is 13.2. The van der Waals surface area contributed by atoms with E-state index in [0.29, 0.717) is 28.9 Å². The van der Waals surface area contributed by atoms with Crippen LogP contribution in [0, 0.1) is 0 Å². The summed E-state index contributed by atoms with van der Waals surface area (Å²) in [5.74, 6) is 0.944. The number of nitrogens with zero attached hydrogens (tertiary/aromatic N) is 4. The third kappa shape index (κ3) is 4.42. The maximum Gasteiger partial charge on any atom is 0.416 e. The number of fused-ring (bicyclic) bond motifs is 1. The molecular formula is C18H17F6N5S. The molecule has 0 saturated heterocycles. The Morgan fingerprint density at radius 2 is 1.57 bits per heavy atom. The minimum Gasteiger partial charge on any atom is -0.277 e. The second-order valence-corrected chi connectivity index (χ2v) is 8.15. The fourth-order valence-corrected chi connectivity index (χ4v) is 4.29. The Morgan fingerprint density at radius 1 is 0.933 bits per heavy atom. The molecule has 4 rings (SSSR count). The predicted octanol–water partition coefficient (Wildman–Crippen LogP) is 5.36. The molecule has 0 spiro atoms. The van der Waals surface area contributed by atoms with E-state index in [2.05, 4.69) is 20.6 Å². The van der Waals surface area contributed by atoms with Gasteiger partial charge in [0.2, 0.25) is 5.16 Å². The number of nitrogens with one attached hydrogen (secondary N) is 1. The monoisotopic (exact) mass is 449 g/mol. The van der Waals surface area contributed by atoms with Gasteiger partial charge >= 0.3 is 12.4 Å². The maximum absolute atomic E-state index is 13.2. The second kappa shape index (κ2) is 7.78. The molecule has 0 atom stereocenters. The molecule has 12 heteroatoms. The van der Waals surface area contributed by atoms with Crippen molar-refractivity contribution in [3.8, 4) is 11.4 Å². The van der Waals surface area contributed by atoms with Crippen LogP contribution >= 0.6 is 11.8 Å². The topological polar surface area (TPSA) is 55.1 Å². The van der Waals surface area contributed by atoms with Crippen LogP contribution in [-0.4, -0.2) is 32.5 Å². The summed E-state index contributed by atoms with van der Waals surface area (Å²) in [6.07, 6.45) is -4.61. The van der Waals surface area contributed by atoms with E-state index in [9.17, 15) is 26.3 Å². The lowest BCUT2D eigenvalue weighted by Gasteiger charge is -2.23. The highest BCUT2D eigenvalue weighted by atomic mass is 32.2. The lowest BCUT2D eigenvalue weighted by atomic mass is 9.96. The number of alkyl halides is 6. The number of aliphatic imine (C=N–C) groups is 1. The summed E-state index contributed by atoms with van der Waals surface area (Å²) < 4.78 is 80.4. The molecule has 0 bridgehead atoms. The molecular weight excluding hydrogens is 432 g/mol. The van der Waals surface area contributed by atoms with Crippen LogP contribution in [-0.2, 0) is 12.4 Å². The molecule has 1 fully saturated rings. The van der Waals surface area contributed by atoms with Gasteiger partial charge in [0, 0.05) is 5.56 Å². The van der Waals surface area contributed by atoms with Gasteiger partial charge in [-0.25, -0.2) is 4.68 Å². The Balaban J connectivity index is 1.71. The Morgan fingerprint density at radius 3 is 2.17 bits per heavy atom. The average Bonchev–Trinajstić information content (AvgIpc) is 3.10. The normalized spacial score (nSPS) is 19.6. The van der Waals surface area contributed by atoms with E-state index in [0.717, 1.165) is 25.7 Å². The molecule has 30 heavy (non-hydrogen) atoms. The Bertz CT molecular complexity index is 927. The minimum absolute atomic E-state index is 0.0924. The van der Waals surface area contributed by atoms with Crippen molar-refractivity contribution in [2.24, 2.45) is 4.99 Å². The van der Waals surface area contributed by atoms with Crippen LogP contribution in [0.15, 0.2) is 28.3 Å². The molecule has 2 heterocycles. The number of halogens is 6. The van der Waals surface area contributed by atoms with Crippen molar-refractivity contribution in [2.45, 2.75) is 55.7 Å². The van der Waals surface area contributed by atoms with Crippen molar-refractivity contribution >= 4 is 17.6 Å². The van der Waals surface area contributed by atoms with Gasteiger partial charge in [-0.2, -0.15) is 26.3 Å². The lowest BCUT2D eigenvalue weighted by Crippen LogP contribution is -2.32. The Labute approximate surface area is 171 Å². The van der Waals surface area contributed by atoms with Crippen molar-refractivity contribution in [3.05, 3.63) is 29.3 Å². The molecule has 162 valence electrons. The fraction of sp³-hybridized carbons (Fsp3) is 0.500. The average molecular weight is 449 g/mol. The van der Waals surface area contributed by atoms with E-state index in [1.54, 1.807) is 0 Å². The minimum atomic E-state index is -4.93. The van der Waals surface area contributed by atoms with E-state index >= 15 is 0 Å². The van der Waals surface area contributed by atoms with Crippen LogP contribution in [0.5, 0.6) is 0 Å². The number of thioether (sulfide) groups is 1. The zero-order valence-corrected chi connectivity index (χ0v) is 16.3. The molecule has 2 aromatic rings. The van der Waals surface area contributed by atoms with E-state index in [1.165, 1.54) is 22.9 Å². The van der Waals surface area contributed by atoms with Gasteiger partial charge in [0.15, 0.2) is 5.82 Å². The number of hydrogen-bond acceptors (Lipinski definition) is 4. The number of aromatic nitrogens is 3. The molecule has 1 aliphatic heterocycles. The standard InChI is InChI=1S/C18H17F6N5S/c19-17(20,21)11-6-10(7-12(8-11)18(22,23)24)15-26-27-16-29(15)28-14(9-30-16)25-13-4-2-1-3-5-13/h6-8,13H,1-5,9H2,(H,25,28). The number of hydrogen-bond donors (Lipinski definition) is 1. The summed E-state index contributed by atoms with van der Waals surface area (Å²) in [4.78, 5) is 4.67. The van der Waals surface area contributed by atoms with Gasteiger partial charge in [-0.15, -0.1) is 10.2 Å². The van der Waals surface area contributed by atoms with Crippen molar-refractivity contribution in [1.82, 2.24) is 14.9 Å². The first kappa shape index (κ1) is 21.0. The fourth-order valence-electron chi connectivity index (χ4n) is 3.53. The van der Waals surface area contributed by atoms with Crippen molar-refractivity contribution < 1.29 is 26.3 Å². The van der Waals surface area contributed by atoms with Crippen LogP contribution in [0.1, 0.15) is 43.2 Å². The SMILES string of the molecule is FC(F)(F)c1cc(-c2nnc3n2NC(=NC2CCCCC2)CS3)cc(C(F)(F)F)c1. The van der Waals surface area contributed by atoms with Gasteiger partial charge < -0.3 is 0 Å². The molecule has 1 N–H and O–H groups in total. The van der Waals surface area contributed by atoms with E-state index in [-0.39, 0.29) is 23.5 Å². The van der Waals surface area contributed by atoms with Gasteiger partial charge in [-0.1, -0.05) is 31.0 Å². The van der Waals surface area contributed by atoms with Crippen molar-refractivity contribution in [1.29, 1.82) is 0 Å². The van der Waals surface area contributed by atoms with Gasteiger partial charge in [0.1, 0.15) is 5.84 Å². The number of benzene rings is 1. The molecule has 1 aromatic heterocycles. The first-order valence-corrected chi connectivity index (χ1v) is 10.3. The molecule has 1 aromatic carbocycles. The van der Waals surface area contributed by atoms with Crippen LogP contribution in [0.3, 0.4) is 0 Å². The third-order valence-corrected chi connectivity index (χ3v) is 5.91. The lowest BCUT2D eigenvalue weighted by molar-refractivity contribution is -0.143. The molecule has 2 aliphatic rings. The third-order valence-electron chi connectivity index (χ3n) is 4.97. The van der Waals surface area contributed by atoms with Crippen LogP contribution in [0.25, 0.3) is 11.4 Å². The predicted molar refractivity (Wildman–Crippen MR) is 99.9 cm³/mol. The zero-order valence-electron chi connectivity index (χ0n) is 15.5. The van der Waals surface area contributed by atoms with Gasteiger partial charge in [0.05, 0.1) is 22.9 Å². The van der Waals surface area contributed by atoms with Crippen LogP contribution in [0.4, 0.5) is 26.3 Å². The van der Waals surface area contributed by atoms with Crippen LogP contribution in [0.2, 0.25) is 0 Å². The second-order valence-electron chi connectivity index (χ2n) is 7.20. The molecule has 0 radical (unpaired) electrons. The highest BCUT2D eigenvalue weighted by molar-refractivity contribution is 7.99. The molecule has 1 aliphatic carbocycles. The number of rotatable bonds is 2. The Kier molecular flexibility index (Phi) is 5.45. The van der Waals surface area contributed by atoms with Crippen molar-refractivity contribution in [3.63, 3.8) is 0 Å². The largest absolute Gasteiger partial charge is 0.416 e. The Hall–Kier alpha value is -2.24. The van der Waals surface area contributed by atoms with E-state index in [4.69, 9.17) is 0 Å². The zero-order chi connectivity index (χ0) is 21.5. The van der Waals surface area contributed by atoms with Gasteiger partial charge in [-0.3, -0.25) is 10.4 Å². The van der Waals surface area contributed by atoms with Crippen molar-refractivity contribution in [2.75, 3.05) is 11.2 Å². The summed E-state index contributed by atoms with van der Waals surface area (Å²) >= 11 is 1.27. The van der Waals surface area contributed by atoms with Gasteiger partial charge in [-0.05, 0) is 31.0 Å². The van der Waals surface area contributed by atoms with E-state index < -0.39 is 23.5 Å². The number of amidine groups is 1. The molecule has 0 unspecified atom stereocenters. The quantitative estimate of drug-likeness (QED) is 0.627. The smallest absolute Gasteiger partial charge is 0.277 e. The summed E-state index contributed by atoms with van der Waals surface area (Å²) in [7, 11) is 0. The van der Waals surface area contributed by atoms with Crippen LogP contribution < -0.4 is 5.43 Å².